The Morgan fingerprint density at radius 1 is 1.11 bits per heavy atom. The van der Waals surface area contributed by atoms with Gasteiger partial charge in [-0.1, -0.05) is 6.92 Å². The van der Waals surface area contributed by atoms with E-state index in [0.29, 0.717) is 32.5 Å². The maximum Gasteiger partial charge on any atom is 0.389 e. The van der Waals surface area contributed by atoms with Gasteiger partial charge in [0.1, 0.15) is 6.04 Å². The van der Waals surface area contributed by atoms with Gasteiger partial charge in [-0.3, -0.25) is 34.2 Å². The first-order valence-electron chi connectivity index (χ1n) is 12.2. The summed E-state index contributed by atoms with van der Waals surface area (Å²) in [6.45, 7) is 3.54. The largest absolute Gasteiger partial charge is 0.389 e. The van der Waals surface area contributed by atoms with Crippen LogP contribution in [-0.2, 0) is 14.4 Å². The number of anilines is 1. The van der Waals surface area contributed by atoms with Crippen molar-refractivity contribution >= 4 is 35.2 Å². The van der Waals surface area contributed by atoms with Gasteiger partial charge in [0.15, 0.2) is 0 Å². The highest BCUT2D eigenvalue weighted by Gasteiger charge is 2.45. The Balaban J connectivity index is 1.39. The molecule has 3 heterocycles. The molecule has 4 rings (SSSR count). The van der Waals surface area contributed by atoms with Crippen LogP contribution in [0.15, 0.2) is 18.2 Å². The maximum absolute atomic E-state index is 13.1. The molecule has 0 spiro atoms. The van der Waals surface area contributed by atoms with Crippen molar-refractivity contribution in [2.45, 2.75) is 57.7 Å². The number of benzene rings is 1. The number of hydrogen-bond acceptors (Lipinski definition) is 6. The zero-order valence-corrected chi connectivity index (χ0v) is 20.7. The van der Waals surface area contributed by atoms with Gasteiger partial charge in [-0.25, -0.2) is 0 Å². The van der Waals surface area contributed by atoms with Gasteiger partial charge in [0.2, 0.25) is 17.7 Å². The number of hydrogen-bond donors (Lipinski definition) is 1. The summed E-state index contributed by atoms with van der Waals surface area (Å²) >= 11 is 0. The fraction of sp³-hybridized carbons (Fsp3) is 0.560. The van der Waals surface area contributed by atoms with E-state index in [-0.39, 0.29) is 29.4 Å². The first-order chi connectivity index (χ1) is 17.3. The van der Waals surface area contributed by atoms with E-state index >= 15 is 0 Å². The highest BCUT2D eigenvalue weighted by atomic mass is 19.4. The second-order valence-corrected chi connectivity index (χ2v) is 10.3. The van der Waals surface area contributed by atoms with E-state index in [1.165, 1.54) is 11.9 Å². The average molecular weight is 523 g/mol. The van der Waals surface area contributed by atoms with E-state index in [2.05, 4.69) is 10.2 Å². The summed E-state index contributed by atoms with van der Waals surface area (Å²) in [5.41, 5.74) is 0.876. The molecule has 1 atom stereocenters. The predicted octanol–water partition coefficient (Wildman–Crippen LogP) is 2.50. The van der Waals surface area contributed by atoms with Crippen molar-refractivity contribution in [3.05, 3.63) is 29.3 Å². The molecule has 0 bridgehead atoms. The fourth-order valence-electron chi connectivity index (χ4n) is 5.22. The maximum atomic E-state index is 13.1. The van der Waals surface area contributed by atoms with E-state index in [0.717, 1.165) is 10.6 Å². The lowest BCUT2D eigenvalue weighted by Crippen LogP contribution is -2.54. The van der Waals surface area contributed by atoms with Gasteiger partial charge in [0.05, 0.1) is 17.5 Å². The second-order valence-electron chi connectivity index (χ2n) is 10.3. The number of carbonyl (C=O) groups is 5. The molecule has 0 saturated carbocycles. The molecule has 200 valence electrons. The van der Waals surface area contributed by atoms with Gasteiger partial charge in [-0.2, -0.15) is 13.2 Å². The highest BCUT2D eigenvalue weighted by molar-refractivity contribution is 6.23. The second kappa shape index (κ2) is 9.79. The molecule has 1 aromatic carbocycles. The number of halogens is 3. The summed E-state index contributed by atoms with van der Waals surface area (Å²) in [4.78, 5) is 66.2. The standard InChI is InChI=1S/C25H29F3N4O5/c1-24(14-30(2)20(34)7-8-25(26,27)28)9-11-31(12-10-24)15-3-4-16-17(13-15)23(37)32(22(16)36)18-5-6-19(33)29-21(18)35/h3-4,13,18H,5-12,14H2,1-2H3,(H,29,33,35). The first kappa shape index (κ1) is 26.6. The fourth-order valence-corrected chi connectivity index (χ4v) is 5.22. The number of fused-ring (bicyclic) bond motifs is 1. The lowest BCUT2D eigenvalue weighted by molar-refractivity contribution is -0.149. The van der Waals surface area contributed by atoms with Crippen LogP contribution in [0.5, 0.6) is 0 Å². The van der Waals surface area contributed by atoms with Crippen molar-refractivity contribution in [1.82, 2.24) is 15.1 Å². The van der Waals surface area contributed by atoms with Crippen molar-refractivity contribution in [3.63, 3.8) is 0 Å². The van der Waals surface area contributed by atoms with Crippen LogP contribution in [0.2, 0.25) is 0 Å². The Bertz CT molecular complexity index is 1140. The number of imide groups is 2. The minimum Gasteiger partial charge on any atom is -0.371 e. The zero-order valence-electron chi connectivity index (χ0n) is 20.7. The van der Waals surface area contributed by atoms with Gasteiger partial charge in [0.25, 0.3) is 11.8 Å². The molecule has 12 heteroatoms. The van der Waals surface area contributed by atoms with Crippen LogP contribution in [0.1, 0.15) is 66.2 Å². The molecular weight excluding hydrogens is 493 g/mol. The Kier molecular flexibility index (Phi) is 7.04. The molecule has 0 aliphatic carbocycles. The van der Waals surface area contributed by atoms with E-state index in [4.69, 9.17) is 0 Å². The van der Waals surface area contributed by atoms with Crippen molar-refractivity contribution in [3.8, 4) is 0 Å². The number of piperidine rings is 2. The summed E-state index contributed by atoms with van der Waals surface area (Å²) < 4.78 is 37.3. The van der Waals surface area contributed by atoms with E-state index in [9.17, 15) is 37.1 Å². The number of amides is 5. The van der Waals surface area contributed by atoms with E-state index in [1.54, 1.807) is 18.2 Å². The molecule has 1 unspecified atom stereocenters. The Morgan fingerprint density at radius 2 is 1.76 bits per heavy atom. The van der Waals surface area contributed by atoms with Gasteiger partial charge in [0, 0.05) is 45.2 Å². The van der Waals surface area contributed by atoms with Crippen LogP contribution in [-0.4, -0.2) is 78.2 Å². The number of rotatable bonds is 6. The molecule has 5 amide bonds. The number of nitrogens with zero attached hydrogens (tertiary/aromatic N) is 3. The van der Waals surface area contributed by atoms with Crippen molar-refractivity contribution in [1.29, 1.82) is 0 Å². The van der Waals surface area contributed by atoms with Crippen LogP contribution < -0.4 is 10.2 Å². The minimum absolute atomic E-state index is 0.0464. The zero-order chi connectivity index (χ0) is 27.1. The summed E-state index contributed by atoms with van der Waals surface area (Å²) in [6, 6.07) is 3.92. The van der Waals surface area contributed by atoms with Gasteiger partial charge in [-0.05, 0) is 42.9 Å². The smallest absolute Gasteiger partial charge is 0.371 e. The monoisotopic (exact) mass is 522 g/mol. The third kappa shape index (κ3) is 5.62. The number of nitrogens with one attached hydrogen (secondary N) is 1. The third-order valence-electron chi connectivity index (χ3n) is 7.43. The summed E-state index contributed by atoms with van der Waals surface area (Å²) in [5.74, 6) is -2.77. The molecule has 0 aromatic heterocycles. The lowest BCUT2D eigenvalue weighted by Gasteiger charge is -2.42. The number of carbonyl (C=O) groups excluding carboxylic acids is 5. The van der Waals surface area contributed by atoms with Crippen LogP contribution >= 0.6 is 0 Å². The average Bonchev–Trinajstić information content (AvgIpc) is 3.07. The van der Waals surface area contributed by atoms with Crippen molar-refractivity contribution in [2.75, 3.05) is 31.6 Å². The molecule has 9 nitrogen and oxygen atoms in total. The Hall–Kier alpha value is -3.44. The minimum atomic E-state index is -4.37. The predicted molar refractivity (Wildman–Crippen MR) is 126 cm³/mol. The highest BCUT2D eigenvalue weighted by Crippen LogP contribution is 2.36. The van der Waals surface area contributed by atoms with Crippen LogP contribution in [0.4, 0.5) is 18.9 Å². The molecule has 3 aliphatic rings. The molecule has 1 N–H and O–H groups in total. The molecule has 2 fully saturated rings. The van der Waals surface area contributed by atoms with Crippen molar-refractivity contribution < 1.29 is 37.1 Å². The molecular formula is C25H29F3N4O5. The van der Waals surface area contributed by atoms with Crippen LogP contribution in [0, 0.1) is 5.41 Å². The summed E-state index contributed by atoms with van der Waals surface area (Å²) in [6.07, 6.45) is -4.59. The SMILES string of the molecule is CN(CC1(C)CCN(c2ccc3c(c2)C(=O)N(C2CCC(=O)NC2=O)C3=O)CC1)C(=O)CCC(F)(F)F. The third-order valence-corrected chi connectivity index (χ3v) is 7.43. The van der Waals surface area contributed by atoms with E-state index in [1.807, 2.05) is 6.92 Å². The van der Waals surface area contributed by atoms with Gasteiger partial charge < -0.3 is 9.80 Å². The Labute approximate surface area is 211 Å². The van der Waals surface area contributed by atoms with Crippen molar-refractivity contribution in [2.24, 2.45) is 5.41 Å². The van der Waals surface area contributed by atoms with Crippen LogP contribution in [0.3, 0.4) is 0 Å². The molecule has 3 aliphatic heterocycles. The van der Waals surface area contributed by atoms with Crippen LogP contribution in [0.25, 0.3) is 0 Å². The van der Waals surface area contributed by atoms with Gasteiger partial charge >= 0.3 is 6.18 Å². The molecule has 37 heavy (non-hydrogen) atoms. The quantitative estimate of drug-likeness (QED) is 0.576. The first-order valence-corrected chi connectivity index (χ1v) is 12.2. The lowest BCUT2D eigenvalue weighted by atomic mass is 9.79. The van der Waals surface area contributed by atoms with Gasteiger partial charge in [-0.15, -0.1) is 0 Å². The molecule has 0 radical (unpaired) electrons. The molecule has 2 saturated heterocycles. The number of alkyl halides is 3. The normalized spacial score (nSPS) is 21.7. The summed E-state index contributed by atoms with van der Waals surface area (Å²) in [5, 5.41) is 2.17. The molecule has 1 aromatic rings. The Morgan fingerprint density at radius 3 is 2.38 bits per heavy atom. The summed E-state index contributed by atoms with van der Waals surface area (Å²) in [7, 11) is 1.52. The topological polar surface area (TPSA) is 107 Å². The van der Waals surface area contributed by atoms with E-state index < -0.39 is 54.6 Å².